The van der Waals surface area contributed by atoms with Crippen LogP contribution in [-0.2, 0) is 16.1 Å². The maximum atomic E-state index is 12.3. The van der Waals surface area contributed by atoms with Gasteiger partial charge in [-0.1, -0.05) is 12.1 Å². The van der Waals surface area contributed by atoms with Gasteiger partial charge in [-0.2, -0.15) is 0 Å². The number of anilines is 2. The Morgan fingerprint density at radius 2 is 2.04 bits per heavy atom. The molecule has 0 saturated carbocycles. The van der Waals surface area contributed by atoms with E-state index in [1.54, 1.807) is 49.4 Å². The molecule has 0 fully saturated rings. The van der Waals surface area contributed by atoms with Crippen LogP contribution in [0.4, 0.5) is 11.4 Å². The molecule has 0 aliphatic carbocycles. The first-order valence-electron chi connectivity index (χ1n) is 8.01. The van der Waals surface area contributed by atoms with Crippen LogP contribution in [-0.4, -0.2) is 22.5 Å². The number of fused-ring (bicyclic) bond motifs is 2. The Kier molecular flexibility index (Phi) is 3.72. The van der Waals surface area contributed by atoms with E-state index in [1.165, 1.54) is 4.57 Å². The van der Waals surface area contributed by atoms with Gasteiger partial charge in [0.05, 0.1) is 11.2 Å². The van der Waals surface area contributed by atoms with Crippen molar-refractivity contribution < 1.29 is 18.7 Å². The highest BCUT2D eigenvalue weighted by Crippen LogP contribution is 2.32. The molecule has 0 spiro atoms. The van der Waals surface area contributed by atoms with Crippen molar-refractivity contribution in [2.75, 3.05) is 10.6 Å². The summed E-state index contributed by atoms with van der Waals surface area (Å²) in [5.74, 6) is -0.707. The number of ether oxygens (including phenoxy) is 1. The van der Waals surface area contributed by atoms with Gasteiger partial charge in [-0.3, -0.25) is 14.2 Å². The van der Waals surface area contributed by atoms with Gasteiger partial charge in [0.1, 0.15) is 12.3 Å². The van der Waals surface area contributed by atoms with E-state index in [1.807, 2.05) is 0 Å². The number of amides is 2. The highest BCUT2D eigenvalue weighted by molar-refractivity contribution is 5.99. The van der Waals surface area contributed by atoms with Crippen LogP contribution in [0.3, 0.4) is 0 Å². The Labute approximate surface area is 147 Å². The van der Waals surface area contributed by atoms with Crippen molar-refractivity contribution in [1.29, 1.82) is 0 Å². The number of hydrogen-bond acceptors (Lipinski definition) is 5. The van der Waals surface area contributed by atoms with Crippen molar-refractivity contribution in [3.05, 3.63) is 53.0 Å². The van der Waals surface area contributed by atoms with E-state index in [9.17, 15) is 14.4 Å². The van der Waals surface area contributed by atoms with Gasteiger partial charge in [0, 0.05) is 5.69 Å². The number of nitrogens with one attached hydrogen (secondary N) is 2. The third-order valence-corrected chi connectivity index (χ3v) is 4.07. The second-order valence-corrected chi connectivity index (χ2v) is 5.93. The monoisotopic (exact) mass is 353 g/mol. The Morgan fingerprint density at radius 3 is 2.88 bits per heavy atom. The fourth-order valence-corrected chi connectivity index (χ4v) is 2.79. The van der Waals surface area contributed by atoms with Crippen molar-refractivity contribution in [2.45, 2.75) is 19.6 Å². The van der Waals surface area contributed by atoms with Gasteiger partial charge in [0.15, 0.2) is 11.7 Å². The van der Waals surface area contributed by atoms with Crippen LogP contribution < -0.4 is 21.1 Å². The molecule has 1 aromatic heterocycles. The smallest absolute Gasteiger partial charge is 0.420 e. The van der Waals surface area contributed by atoms with E-state index in [4.69, 9.17) is 9.15 Å². The molecule has 1 atom stereocenters. The largest absolute Gasteiger partial charge is 0.479 e. The summed E-state index contributed by atoms with van der Waals surface area (Å²) < 4.78 is 11.8. The summed E-state index contributed by atoms with van der Waals surface area (Å²) in [5, 5.41) is 5.42. The average molecular weight is 353 g/mol. The number of carbonyl (C=O) groups is 2. The average Bonchev–Trinajstić information content (AvgIpc) is 2.92. The van der Waals surface area contributed by atoms with Crippen molar-refractivity contribution >= 4 is 34.3 Å². The molecule has 2 heterocycles. The molecular weight excluding hydrogens is 338 g/mol. The second kappa shape index (κ2) is 6.07. The molecule has 1 aliphatic rings. The standard InChI is InChI=1S/C18H15N3O5/c1-10-17(23)20-12-8-11(6-7-14(12)25-10)19-16(22)9-21-13-4-2-3-5-15(13)26-18(21)24/h2-8,10H,9H2,1H3,(H,19,22)(H,20,23)/t10-/m1/s1. The highest BCUT2D eigenvalue weighted by Gasteiger charge is 2.23. The van der Waals surface area contributed by atoms with Gasteiger partial charge in [-0.05, 0) is 37.3 Å². The molecule has 2 amide bonds. The van der Waals surface area contributed by atoms with Crippen LogP contribution in [0, 0.1) is 0 Å². The Morgan fingerprint density at radius 1 is 1.23 bits per heavy atom. The van der Waals surface area contributed by atoms with Crippen LogP contribution in [0.15, 0.2) is 51.7 Å². The van der Waals surface area contributed by atoms with E-state index in [2.05, 4.69) is 10.6 Å². The number of oxazole rings is 1. The summed E-state index contributed by atoms with van der Waals surface area (Å²) in [6.07, 6.45) is -0.566. The van der Waals surface area contributed by atoms with Crippen LogP contribution in [0.25, 0.3) is 11.1 Å². The lowest BCUT2D eigenvalue weighted by atomic mass is 10.2. The summed E-state index contributed by atoms with van der Waals surface area (Å²) in [5.41, 5.74) is 1.94. The molecule has 3 aromatic rings. The summed E-state index contributed by atoms with van der Waals surface area (Å²) in [7, 11) is 0. The number of carbonyl (C=O) groups excluding carboxylic acids is 2. The van der Waals surface area contributed by atoms with Gasteiger partial charge in [-0.15, -0.1) is 0 Å². The molecule has 4 rings (SSSR count). The third-order valence-electron chi connectivity index (χ3n) is 4.07. The fourth-order valence-electron chi connectivity index (χ4n) is 2.79. The van der Waals surface area contributed by atoms with Gasteiger partial charge >= 0.3 is 5.76 Å². The molecule has 0 radical (unpaired) electrons. The molecule has 132 valence electrons. The van der Waals surface area contributed by atoms with Crippen molar-refractivity contribution in [3.63, 3.8) is 0 Å². The zero-order valence-electron chi connectivity index (χ0n) is 13.8. The maximum Gasteiger partial charge on any atom is 0.420 e. The maximum absolute atomic E-state index is 12.3. The minimum Gasteiger partial charge on any atom is -0.479 e. The lowest BCUT2D eigenvalue weighted by molar-refractivity contribution is -0.122. The molecule has 2 N–H and O–H groups in total. The first kappa shape index (κ1) is 15.9. The molecule has 0 unspecified atom stereocenters. The topological polar surface area (TPSA) is 103 Å². The van der Waals surface area contributed by atoms with E-state index in [0.29, 0.717) is 28.2 Å². The summed E-state index contributed by atoms with van der Waals surface area (Å²) in [4.78, 5) is 36.0. The molecule has 8 nitrogen and oxygen atoms in total. The molecule has 1 aliphatic heterocycles. The molecule has 2 aromatic carbocycles. The normalized spacial score (nSPS) is 15.9. The minimum atomic E-state index is -0.596. The predicted octanol–water partition coefficient (Wildman–Crippen LogP) is 1.95. The quantitative estimate of drug-likeness (QED) is 0.749. The molecule has 26 heavy (non-hydrogen) atoms. The second-order valence-electron chi connectivity index (χ2n) is 5.93. The van der Waals surface area contributed by atoms with Crippen LogP contribution >= 0.6 is 0 Å². The number of aromatic nitrogens is 1. The summed E-state index contributed by atoms with van der Waals surface area (Å²) in [6, 6.07) is 11.8. The number of nitrogens with zero attached hydrogens (tertiary/aromatic N) is 1. The van der Waals surface area contributed by atoms with Gasteiger partial charge < -0.3 is 19.8 Å². The molecule has 8 heteroatoms. The summed E-state index contributed by atoms with van der Waals surface area (Å²) >= 11 is 0. The van der Waals surface area contributed by atoms with Crippen LogP contribution in [0.2, 0.25) is 0 Å². The minimum absolute atomic E-state index is 0.188. The fraction of sp³-hybridized carbons (Fsp3) is 0.167. The van der Waals surface area contributed by atoms with E-state index in [0.717, 1.165) is 0 Å². The Balaban J connectivity index is 1.54. The Hall–Kier alpha value is -3.55. The first-order valence-corrected chi connectivity index (χ1v) is 8.01. The first-order chi connectivity index (χ1) is 12.5. The lowest BCUT2D eigenvalue weighted by Crippen LogP contribution is -2.34. The summed E-state index contributed by atoms with van der Waals surface area (Å²) in [6.45, 7) is 1.47. The SMILES string of the molecule is C[C@H]1Oc2ccc(NC(=O)Cn3c(=O)oc4ccccc43)cc2NC1=O. The zero-order valence-corrected chi connectivity index (χ0v) is 13.8. The van der Waals surface area contributed by atoms with Crippen molar-refractivity contribution in [3.8, 4) is 5.75 Å². The van der Waals surface area contributed by atoms with Gasteiger partial charge in [0.2, 0.25) is 5.91 Å². The number of para-hydroxylation sites is 2. The highest BCUT2D eigenvalue weighted by atomic mass is 16.5. The van der Waals surface area contributed by atoms with E-state index >= 15 is 0 Å². The van der Waals surface area contributed by atoms with Crippen molar-refractivity contribution in [1.82, 2.24) is 4.57 Å². The van der Waals surface area contributed by atoms with E-state index in [-0.39, 0.29) is 12.5 Å². The van der Waals surface area contributed by atoms with Crippen molar-refractivity contribution in [2.24, 2.45) is 0 Å². The van der Waals surface area contributed by atoms with Gasteiger partial charge in [-0.25, -0.2) is 4.79 Å². The number of hydrogen-bond donors (Lipinski definition) is 2. The molecule has 0 bridgehead atoms. The van der Waals surface area contributed by atoms with Crippen LogP contribution in [0.5, 0.6) is 5.75 Å². The van der Waals surface area contributed by atoms with E-state index < -0.39 is 17.8 Å². The Bertz CT molecular complexity index is 1080. The lowest BCUT2D eigenvalue weighted by Gasteiger charge is -2.23. The number of benzene rings is 2. The molecule has 0 saturated heterocycles. The molecular formula is C18H15N3O5. The number of rotatable bonds is 3. The van der Waals surface area contributed by atoms with Gasteiger partial charge in [0.25, 0.3) is 5.91 Å². The van der Waals surface area contributed by atoms with Crippen LogP contribution in [0.1, 0.15) is 6.92 Å². The zero-order chi connectivity index (χ0) is 18.3. The predicted molar refractivity (Wildman–Crippen MR) is 94.3 cm³/mol. The third kappa shape index (κ3) is 2.81.